The molecule has 1 aromatic carbocycles. The summed E-state index contributed by atoms with van der Waals surface area (Å²) in [5.41, 5.74) is 1.43. The van der Waals surface area contributed by atoms with Crippen LogP contribution in [0.2, 0.25) is 0 Å². The van der Waals surface area contributed by atoms with E-state index in [0.717, 1.165) is 30.4 Å². The van der Waals surface area contributed by atoms with Crippen molar-refractivity contribution in [1.82, 2.24) is 10.2 Å². The number of likely N-dealkylation sites (tertiary alicyclic amines) is 1. The minimum absolute atomic E-state index is 0.323. The largest absolute Gasteiger partial charge is 0.341 e. The van der Waals surface area contributed by atoms with Crippen molar-refractivity contribution < 1.29 is 4.79 Å². The summed E-state index contributed by atoms with van der Waals surface area (Å²) in [6.07, 6.45) is 4.17. The average molecular weight is 351 g/mol. The van der Waals surface area contributed by atoms with Crippen molar-refractivity contribution in [3.8, 4) is 0 Å². The molecule has 4 heteroatoms. The quantitative estimate of drug-likeness (QED) is 0.883. The van der Waals surface area contributed by atoms with Crippen LogP contribution in [0, 0.1) is 0 Å². The predicted octanol–water partition coefficient (Wildman–Crippen LogP) is 3.30. The van der Waals surface area contributed by atoms with E-state index in [2.05, 4.69) is 52.4 Å². The normalized spacial score (nSPS) is 26.8. The van der Waals surface area contributed by atoms with Gasteiger partial charge in [-0.3, -0.25) is 4.79 Å². The molecule has 21 heavy (non-hydrogen) atoms. The Morgan fingerprint density at radius 2 is 2.24 bits per heavy atom. The van der Waals surface area contributed by atoms with E-state index in [9.17, 15) is 4.79 Å². The lowest BCUT2D eigenvalue weighted by Crippen LogP contribution is -2.48. The summed E-state index contributed by atoms with van der Waals surface area (Å²) in [4.78, 5) is 13.6. The van der Waals surface area contributed by atoms with Crippen molar-refractivity contribution in [2.45, 2.75) is 50.6 Å². The van der Waals surface area contributed by atoms with E-state index >= 15 is 0 Å². The number of hydrogen-bond acceptors (Lipinski definition) is 2. The highest BCUT2D eigenvalue weighted by molar-refractivity contribution is 9.10. The summed E-state index contributed by atoms with van der Waals surface area (Å²) >= 11 is 3.54. The topological polar surface area (TPSA) is 32.3 Å². The highest BCUT2D eigenvalue weighted by Crippen LogP contribution is 2.37. The summed E-state index contributed by atoms with van der Waals surface area (Å²) < 4.78 is 1.16. The molecule has 1 atom stereocenters. The number of halogens is 1. The van der Waals surface area contributed by atoms with Crippen LogP contribution in [0.5, 0.6) is 0 Å². The van der Waals surface area contributed by atoms with Crippen LogP contribution >= 0.6 is 15.9 Å². The summed E-state index contributed by atoms with van der Waals surface area (Å²) in [5, 5.41) is 3.67. The lowest BCUT2D eigenvalue weighted by Gasteiger charge is -2.39. The first kappa shape index (κ1) is 15.0. The SMILES string of the molecule is CC(CN1CCCC1=O)NC1CC(c2cccc(Br)c2)C1. The summed E-state index contributed by atoms with van der Waals surface area (Å²) in [6.45, 7) is 3.99. The van der Waals surface area contributed by atoms with Crippen LogP contribution in [0.4, 0.5) is 0 Å². The minimum Gasteiger partial charge on any atom is -0.341 e. The van der Waals surface area contributed by atoms with E-state index in [1.54, 1.807) is 0 Å². The van der Waals surface area contributed by atoms with Gasteiger partial charge in [0.2, 0.25) is 5.91 Å². The van der Waals surface area contributed by atoms with E-state index in [0.29, 0.717) is 23.9 Å². The van der Waals surface area contributed by atoms with Crippen molar-refractivity contribution in [3.05, 3.63) is 34.3 Å². The molecule has 1 aliphatic heterocycles. The Hall–Kier alpha value is -0.870. The second kappa shape index (κ2) is 6.49. The first-order chi connectivity index (χ1) is 10.1. The maximum absolute atomic E-state index is 11.6. The van der Waals surface area contributed by atoms with E-state index in [1.165, 1.54) is 18.4 Å². The van der Waals surface area contributed by atoms with Crippen LogP contribution in [-0.2, 0) is 4.79 Å². The molecule has 0 spiro atoms. The van der Waals surface area contributed by atoms with E-state index in [4.69, 9.17) is 0 Å². The van der Waals surface area contributed by atoms with Gasteiger partial charge >= 0.3 is 0 Å². The zero-order valence-corrected chi connectivity index (χ0v) is 14.1. The fraction of sp³-hybridized carbons (Fsp3) is 0.588. The molecule has 1 aromatic rings. The number of nitrogens with zero attached hydrogens (tertiary/aromatic N) is 1. The number of carbonyl (C=O) groups is 1. The number of hydrogen-bond donors (Lipinski definition) is 1. The Kier molecular flexibility index (Phi) is 4.65. The second-order valence-electron chi connectivity index (χ2n) is 6.43. The van der Waals surface area contributed by atoms with E-state index in [-0.39, 0.29) is 0 Å². The summed E-state index contributed by atoms with van der Waals surface area (Å²) in [7, 11) is 0. The minimum atomic E-state index is 0.323. The molecule has 3 nitrogen and oxygen atoms in total. The predicted molar refractivity (Wildman–Crippen MR) is 88.3 cm³/mol. The molecule has 1 saturated heterocycles. The summed E-state index contributed by atoms with van der Waals surface area (Å²) in [5.74, 6) is 1.00. The summed E-state index contributed by atoms with van der Waals surface area (Å²) in [6, 6.07) is 9.63. The maximum Gasteiger partial charge on any atom is 0.222 e. The third kappa shape index (κ3) is 3.67. The first-order valence-electron chi connectivity index (χ1n) is 7.91. The molecule has 1 saturated carbocycles. The zero-order valence-electron chi connectivity index (χ0n) is 12.5. The highest BCUT2D eigenvalue weighted by Gasteiger charge is 2.31. The van der Waals surface area contributed by atoms with Crippen molar-refractivity contribution in [2.24, 2.45) is 0 Å². The molecule has 1 heterocycles. The highest BCUT2D eigenvalue weighted by atomic mass is 79.9. The van der Waals surface area contributed by atoms with E-state index in [1.807, 2.05) is 4.90 Å². The Morgan fingerprint density at radius 3 is 2.90 bits per heavy atom. The fourth-order valence-corrected chi connectivity index (χ4v) is 3.89. The van der Waals surface area contributed by atoms with Crippen LogP contribution in [-0.4, -0.2) is 36.0 Å². The molecule has 0 radical (unpaired) electrons. The number of amides is 1. The van der Waals surface area contributed by atoms with Gasteiger partial charge in [-0.25, -0.2) is 0 Å². The van der Waals surface area contributed by atoms with Gasteiger partial charge in [-0.1, -0.05) is 28.1 Å². The number of nitrogens with one attached hydrogen (secondary N) is 1. The Bertz CT molecular complexity index is 513. The van der Waals surface area contributed by atoms with Crippen LogP contribution < -0.4 is 5.32 Å². The third-order valence-corrected chi connectivity index (χ3v) is 5.14. The van der Waals surface area contributed by atoms with Gasteiger partial charge in [0.1, 0.15) is 0 Å². The van der Waals surface area contributed by atoms with Gasteiger partial charge in [-0.2, -0.15) is 0 Å². The molecule has 114 valence electrons. The van der Waals surface area contributed by atoms with Gasteiger partial charge in [0.15, 0.2) is 0 Å². The molecule has 3 rings (SSSR count). The fourth-order valence-electron chi connectivity index (χ4n) is 3.47. The average Bonchev–Trinajstić information content (AvgIpc) is 2.79. The first-order valence-corrected chi connectivity index (χ1v) is 8.70. The molecule has 2 aliphatic rings. The van der Waals surface area contributed by atoms with E-state index < -0.39 is 0 Å². The number of benzene rings is 1. The monoisotopic (exact) mass is 350 g/mol. The molecule has 1 unspecified atom stereocenters. The standard InChI is InChI=1S/C17H23BrN2O/c1-12(11-20-7-3-6-17(20)21)19-16-9-14(10-16)13-4-2-5-15(18)8-13/h2,4-5,8,12,14,16,19H,3,6-7,9-11H2,1H3. The van der Waals surface area contributed by atoms with Crippen LogP contribution in [0.15, 0.2) is 28.7 Å². The van der Waals surface area contributed by atoms with Crippen molar-refractivity contribution in [2.75, 3.05) is 13.1 Å². The van der Waals surface area contributed by atoms with Gasteiger partial charge in [0, 0.05) is 36.1 Å². The van der Waals surface area contributed by atoms with Gasteiger partial charge in [-0.05, 0) is 49.8 Å². The van der Waals surface area contributed by atoms with Crippen molar-refractivity contribution in [1.29, 1.82) is 0 Å². The smallest absolute Gasteiger partial charge is 0.222 e. The van der Waals surface area contributed by atoms with Crippen molar-refractivity contribution >= 4 is 21.8 Å². The molecule has 1 aliphatic carbocycles. The maximum atomic E-state index is 11.6. The third-order valence-electron chi connectivity index (χ3n) is 4.64. The van der Waals surface area contributed by atoms with Crippen molar-refractivity contribution in [3.63, 3.8) is 0 Å². The second-order valence-corrected chi connectivity index (χ2v) is 7.35. The van der Waals surface area contributed by atoms with Gasteiger partial charge in [0.05, 0.1) is 0 Å². The van der Waals surface area contributed by atoms with Crippen LogP contribution in [0.25, 0.3) is 0 Å². The Morgan fingerprint density at radius 1 is 1.43 bits per heavy atom. The molecule has 2 fully saturated rings. The Labute approximate surface area is 135 Å². The lowest BCUT2D eigenvalue weighted by atomic mass is 9.75. The number of carbonyl (C=O) groups excluding carboxylic acids is 1. The molecule has 0 aromatic heterocycles. The molecular weight excluding hydrogens is 328 g/mol. The van der Waals surface area contributed by atoms with Crippen LogP contribution in [0.1, 0.15) is 44.1 Å². The molecule has 0 bridgehead atoms. The lowest BCUT2D eigenvalue weighted by molar-refractivity contribution is -0.128. The van der Waals surface area contributed by atoms with Gasteiger partial charge in [0.25, 0.3) is 0 Å². The Balaban J connectivity index is 1.43. The molecular formula is C17H23BrN2O. The van der Waals surface area contributed by atoms with Crippen LogP contribution in [0.3, 0.4) is 0 Å². The van der Waals surface area contributed by atoms with Gasteiger partial charge < -0.3 is 10.2 Å². The van der Waals surface area contributed by atoms with Gasteiger partial charge in [-0.15, -0.1) is 0 Å². The number of rotatable bonds is 5. The zero-order chi connectivity index (χ0) is 14.8. The molecule has 1 amide bonds. The molecule has 1 N–H and O–H groups in total.